The summed E-state index contributed by atoms with van der Waals surface area (Å²) in [6, 6.07) is 5.85. The summed E-state index contributed by atoms with van der Waals surface area (Å²) in [6.07, 6.45) is -2.04. The summed E-state index contributed by atoms with van der Waals surface area (Å²) in [5, 5.41) is 11.2. The van der Waals surface area contributed by atoms with E-state index in [4.69, 9.17) is 0 Å². The summed E-state index contributed by atoms with van der Waals surface area (Å²) < 4.78 is 70.2. The van der Waals surface area contributed by atoms with Crippen LogP contribution in [-0.4, -0.2) is 39.1 Å². The Labute approximate surface area is 181 Å². The molecule has 1 aliphatic heterocycles. The topological polar surface area (TPSA) is 45.5 Å². The molecule has 0 bridgehead atoms. The quantitative estimate of drug-likeness (QED) is 0.593. The molecule has 1 atom stereocenters. The number of aromatic nitrogens is 3. The van der Waals surface area contributed by atoms with Crippen LogP contribution in [0.1, 0.15) is 41.5 Å². The molecule has 0 radical (unpaired) electrons. The van der Waals surface area contributed by atoms with Crippen molar-refractivity contribution in [2.45, 2.75) is 38.0 Å². The zero-order valence-corrected chi connectivity index (χ0v) is 17.2. The van der Waals surface area contributed by atoms with Crippen LogP contribution in [0.25, 0.3) is 5.65 Å². The Kier molecular flexibility index (Phi) is 5.37. The summed E-state index contributed by atoms with van der Waals surface area (Å²) in [5.74, 6) is -0.568. The fourth-order valence-corrected chi connectivity index (χ4v) is 4.35. The molecule has 1 aromatic carbocycles. The Hall–Kier alpha value is -2.59. The van der Waals surface area contributed by atoms with E-state index in [1.165, 1.54) is 12.1 Å². The van der Waals surface area contributed by atoms with Crippen LogP contribution in [-0.2, 0) is 19.1 Å². The zero-order valence-electron chi connectivity index (χ0n) is 17.2. The Bertz CT molecular complexity index is 1140. The molecular formula is C22H22F5N5. The lowest BCUT2D eigenvalue weighted by molar-refractivity contribution is -0.142. The molecule has 2 aliphatic rings. The third-order valence-corrected chi connectivity index (χ3v) is 6.09. The monoisotopic (exact) mass is 451 g/mol. The molecule has 5 nitrogen and oxygen atoms in total. The molecule has 1 saturated heterocycles. The van der Waals surface area contributed by atoms with E-state index in [0.29, 0.717) is 48.9 Å². The van der Waals surface area contributed by atoms with Gasteiger partial charge in [-0.2, -0.15) is 13.2 Å². The van der Waals surface area contributed by atoms with Crippen molar-refractivity contribution >= 4 is 5.65 Å². The first-order valence-corrected chi connectivity index (χ1v) is 10.6. The van der Waals surface area contributed by atoms with Crippen LogP contribution in [0.5, 0.6) is 0 Å². The van der Waals surface area contributed by atoms with Gasteiger partial charge in [-0.25, -0.2) is 8.78 Å². The second kappa shape index (κ2) is 8.08. The lowest BCUT2D eigenvalue weighted by Crippen LogP contribution is -2.45. The van der Waals surface area contributed by atoms with Crippen LogP contribution in [0.3, 0.4) is 0 Å². The molecule has 10 heteroatoms. The number of alkyl halides is 3. The number of nitrogens with one attached hydrogen (secondary N) is 1. The van der Waals surface area contributed by atoms with E-state index in [9.17, 15) is 22.0 Å². The Morgan fingerprint density at radius 1 is 1.06 bits per heavy atom. The second-order valence-electron chi connectivity index (χ2n) is 8.61. The molecule has 1 unspecified atom stereocenters. The van der Waals surface area contributed by atoms with Crippen molar-refractivity contribution in [1.29, 1.82) is 0 Å². The molecule has 2 fully saturated rings. The Morgan fingerprint density at radius 2 is 1.88 bits per heavy atom. The Morgan fingerprint density at radius 3 is 2.59 bits per heavy atom. The van der Waals surface area contributed by atoms with Crippen LogP contribution in [0, 0.1) is 17.6 Å². The molecule has 32 heavy (non-hydrogen) atoms. The molecule has 0 amide bonds. The standard InChI is InChI=1S/C22H22F5N5/c23-15-3-4-16(17(24)10-15)18-12-31(6-5-28-18)11-14-7-19(22(25,26)27)32-20(8-13-1-2-13)29-30-21(32)9-14/h3-4,7,9-10,13,18,28H,1-2,5-6,8,11-12H2. The fraction of sp³-hybridized carbons (Fsp3) is 0.455. The van der Waals surface area contributed by atoms with E-state index >= 15 is 0 Å². The fourth-order valence-electron chi connectivity index (χ4n) is 4.35. The van der Waals surface area contributed by atoms with Gasteiger partial charge in [0, 0.05) is 50.3 Å². The van der Waals surface area contributed by atoms with E-state index in [-0.39, 0.29) is 18.2 Å². The normalized spacial score (nSPS) is 20.2. The first-order valence-electron chi connectivity index (χ1n) is 10.6. The van der Waals surface area contributed by atoms with Gasteiger partial charge in [-0.05, 0) is 42.5 Å². The van der Waals surface area contributed by atoms with Gasteiger partial charge in [-0.15, -0.1) is 10.2 Å². The number of benzene rings is 1. The average Bonchev–Trinajstić information content (AvgIpc) is 3.46. The predicted molar refractivity (Wildman–Crippen MR) is 107 cm³/mol. The first-order chi connectivity index (χ1) is 15.3. The lowest BCUT2D eigenvalue weighted by Gasteiger charge is -2.34. The minimum atomic E-state index is -4.54. The number of hydrogen-bond acceptors (Lipinski definition) is 4. The van der Waals surface area contributed by atoms with Gasteiger partial charge >= 0.3 is 6.18 Å². The molecule has 3 heterocycles. The van der Waals surface area contributed by atoms with Gasteiger partial charge in [0.1, 0.15) is 23.2 Å². The molecule has 2 aromatic heterocycles. The van der Waals surface area contributed by atoms with Crippen molar-refractivity contribution in [3.05, 3.63) is 64.6 Å². The summed E-state index contributed by atoms with van der Waals surface area (Å²) in [7, 11) is 0. The first kappa shape index (κ1) is 21.3. The largest absolute Gasteiger partial charge is 0.431 e. The number of hydrogen-bond donors (Lipinski definition) is 1. The van der Waals surface area contributed by atoms with Crippen molar-refractivity contribution in [3.8, 4) is 0 Å². The maximum atomic E-state index is 14.2. The third kappa shape index (κ3) is 4.33. The van der Waals surface area contributed by atoms with Gasteiger partial charge in [-0.3, -0.25) is 9.30 Å². The van der Waals surface area contributed by atoms with Crippen LogP contribution in [0.4, 0.5) is 22.0 Å². The average molecular weight is 451 g/mol. The highest BCUT2D eigenvalue weighted by Gasteiger charge is 2.36. The number of piperazine rings is 1. The maximum absolute atomic E-state index is 14.2. The van der Waals surface area contributed by atoms with E-state index < -0.39 is 23.5 Å². The van der Waals surface area contributed by atoms with Gasteiger partial charge in [0.05, 0.1) is 0 Å². The van der Waals surface area contributed by atoms with E-state index in [1.54, 1.807) is 6.07 Å². The molecule has 170 valence electrons. The summed E-state index contributed by atoms with van der Waals surface area (Å²) in [6.45, 7) is 1.76. The smallest absolute Gasteiger partial charge is 0.307 e. The third-order valence-electron chi connectivity index (χ3n) is 6.09. The van der Waals surface area contributed by atoms with E-state index in [0.717, 1.165) is 29.4 Å². The van der Waals surface area contributed by atoms with Crippen molar-refractivity contribution in [2.75, 3.05) is 19.6 Å². The SMILES string of the molecule is Fc1ccc(C2CN(Cc3cc(C(F)(F)F)n4c(CC5CC5)nnc4c3)CCN2)c(F)c1. The van der Waals surface area contributed by atoms with Crippen molar-refractivity contribution in [1.82, 2.24) is 24.8 Å². The van der Waals surface area contributed by atoms with Gasteiger partial charge in [0.2, 0.25) is 0 Å². The highest BCUT2D eigenvalue weighted by atomic mass is 19.4. The van der Waals surface area contributed by atoms with Gasteiger partial charge in [0.25, 0.3) is 0 Å². The van der Waals surface area contributed by atoms with Gasteiger partial charge in [0.15, 0.2) is 5.65 Å². The second-order valence-corrected chi connectivity index (χ2v) is 8.61. The zero-order chi connectivity index (χ0) is 22.5. The van der Waals surface area contributed by atoms with Crippen molar-refractivity contribution < 1.29 is 22.0 Å². The maximum Gasteiger partial charge on any atom is 0.431 e. The highest BCUT2D eigenvalue weighted by molar-refractivity contribution is 5.45. The highest BCUT2D eigenvalue weighted by Crippen LogP contribution is 2.35. The van der Waals surface area contributed by atoms with Gasteiger partial charge in [-0.1, -0.05) is 6.07 Å². The lowest BCUT2D eigenvalue weighted by atomic mass is 10.0. The predicted octanol–water partition coefficient (Wildman–Crippen LogP) is 4.13. The number of fused-ring (bicyclic) bond motifs is 1. The van der Waals surface area contributed by atoms with Crippen LogP contribution in [0.15, 0.2) is 30.3 Å². The number of pyridine rings is 1. The molecule has 1 saturated carbocycles. The van der Waals surface area contributed by atoms with E-state index in [2.05, 4.69) is 15.5 Å². The molecule has 0 spiro atoms. The summed E-state index contributed by atoms with van der Waals surface area (Å²) in [5.41, 5.74) is 0.212. The summed E-state index contributed by atoms with van der Waals surface area (Å²) >= 11 is 0. The Balaban J connectivity index is 1.41. The number of halogens is 5. The summed E-state index contributed by atoms with van der Waals surface area (Å²) in [4.78, 5) is 1.96. The van der Waals surface area contributed by atoms with Crippen LogP contribution < -0.4 is 5.32 Å². The minimum absolute atomic E-state index is 0.182. The number of rotatable bonds is 5. The van der Waals surface area contributed by atoms with Crippen molar-refractivity contribution in [2.24, 2.45) is 5.92 Å². The van der Waals surface area contributed by atoms with Crippen molar-refractivity contribution in [3.63, 3.8) is 0 Å². The minimum Gasteiger partial charge on any atom is -0.307 e. The molecular weight excluding hydrogens is 429 g/mol. The number of nitrogens with zero attached hydrogens (tertiary/aromatic N) is 4. The molecule has 1 aliphatic carbocycles. The molecule has 5 rings (SSSR count). The van der Waals surface area contributed by atoms with Gasteiger partial charge < -0.3 is 5.32 Å². The molecule has 1 N–H and O–H groups in total. The van der Waals surface area contributed by atoms with Crippen LogP contribution >= 0.6 is 0 Å². The van der Waals surface area contributed by atoms with Crippen LogP contribution in [0.2, 0.25) is 0 Å². The molecule has 3 aromatic rings. The van der Waals surface area contributed by atoms with E-state index in [1.807, 2.05) is 4.90 Å².